The molecule has 0 radical (unpaired) electrons. The highest BCUT2D eigenvalue weighted by Crippen LogP contribution is 2.51. The maximum absolute atomic E-state index is 11.0. The van der Waals surface area contributed by atoms with E-state index in [0.717, 1.165) is 12.0 Å². The van der Waals surface area contributed by atoms with Crippen molar-refractivity contribution < 1.29 is 14.6 Å². The average molecular weight is 266 g/mol. The van der Waals surface area contributed by atoms with E-state index in [1.54, 1.807) is 0 Å². The van der Waals surface area contributed by atoms with Crippen LogP contribution in [-0.4, -0.2) is 29.2 Å². The molecule has 108 valence electrons. The number of allylic oxidation sites excluding steroid dienone is 1. The maximum Gasteiger partial charge on any atom is 0.189 e. The SMILES string of the molecule is CCC=CC1(O)C(C)=CC2(CC1(C)C)OCC(C)O2. The first kappa shape index (κ1) is 14.8. The average Bonchev–Trinajstić information content (AvgIpc) is 2.64. The second-order valence-corrected chi connectivity index (χ2v) is 6.52. The van der Waals surface area contributed by atoms with Crippen molar-refractivity contribution >= 4 is 0 Å². The topological polar surface area (TPSA) is 38.7 Å². The lowest BCUT2D eigenvalue weighted by Crippen LogP contribution is -2.53. The van der Waals surface area contributed by atoms with Gasteiger partial charge < -0.3 is 14.6 Å². The minimum Gasteiger partial charge on any atom is -0.381 e. The Morgan fingerprint density at radius 2 is 2.16 bits per heavy atom. The zero-order valence-corrected chi connectivity index (χ0v) is 12.7. The molecule has 2 rings (SSSR count). The molecule has 1 aliphatic carbocycles. The standard InChI is InChI=1S/C16H26O3/c1-6-7-8-16(17)12(2)9-15(11-14(16,4)5)18-10-13(3)19-15/h7-9,13,17H,6,10-11H2,1-5H3. The van der Waals surface area contributed by atoms with E-state index in [1.165, 1.54) is 0 Å². The van der Waals surface area contributed by atoms with Gasteiger partial charge in [-0.3, -0.25) is 0 Å². The molecule has 0 bridgehead atoms. The molecule has 3 unspecified atom stereocenters. The molecular formula is C16H26O3. The summed E-state index contributed by atoms with van der Waals surface area (Å²) in [5.74, 6) is -0.653. The highest BCUT2D eigenvalue weighted by molar-refractivity contribution is 5.33. The zero-order valence-electron chi connectivity index (χ0n) is 12.7. The summed E-state index contributed by atoms with van der Waals surface area (Å²) in [5, 5.41) is 11.0. The predicted molar refractivity (Wildman–Crippen MR) is 75.8 cm³/mol. The lowest BCUT2D eigenvalue weighted by atomic mass is 9.63. The summed E-state index contributed by atoms with van der Waals surface area (Å²) in [7, 11) is 0. The van der Waals surface area contributed by atoms with E-state index >= 15 is 0 Å². The van der Waals surface area contributed by atoms with Crippen molar-refractivity contribution in [2.45, 2.75) is 65.0 Å². The van der Waals surface area contributed by atoms with E-state index in [0.29, 0.717) is 13.0 Å². The normalized spacial score (nSPS) is 42.0. The molecule has 0 aromatic rings. The minimum absolute atomic E-state index is 0.109. The molecule has 19 heavy (non-hydrogen) atoms. The largest absolute Gasteiger partial charge is 0.381 e. The van der Waals surface area contributed by atoms with Crippen LogP contribution in [0.25, 0.3) is 0 Å². The van der Waals surface area contributed by atoms with Gasteiger partial charge in [0.2, 0.25) is 0 Å². The monoisotopic (exact) mass is 266 g/mol. The van der Waals surface area contributed by atoms with Crippen LogP contribution in [0.3, 0.4) is 0 Å². The summed E-state index contributed by atoms with van der Waals surface area (Å²) < 4.78 is 11.8. The van der Waals surface area contributed by atoms with Crippen LogP contribution in [0, 0.1) is 5.41 Å². The van der Waals surface area contributed by atoms with Crippen LogP contribution < -0.4 is 0 Å². The van der Waals surface area contributed by atoms with Gasteiger partial charge in [0.1, 0.15) is 5.60 Å². The molecule has 0 aromatic heterocycles. The summed E-state index contributed by atoms with van der Waals surface area (Å²) in [6.45, 7) is 10.8. The molecule has 0 amide bonds. The molecule has 1 fully saturated rings. The molecule has 1 heterocycles. The summed E-state index contributed by atoms with van der Waals surface area (Å²) >= 11 is 0. The third-order valence-electron chi connectivity index (χ3n) is 4.32. The lowest BCUT2D eigenvalue weighted by molar-refractivity contribution is -0.178. The number of ether oxygens (including phenoxy) is 2. The summed E-state index contributed by atoms with van der Waals surface area (Å²) in [4.78, 5) is 0. The van der Waals surface area contributed by atoms with E-state index in [4.69, 9.17) is 9.47 Å². The van der Waals surface area contributed by atoms with Gasteiger partial charge in [-0.1, -0.05) is 32.9 Å². The van der Waals surface area contributed by atoms with Gasteiger partial charge in [0.25, 0.3) is 0 Å². The third kappa shape index (κ3) is 2.39. The van der Waals surface area contributed by atoms with E-state index in [9.17, 15) is 5.11 Å². The van der Waals surface area contributed by atoms with Crippen LogP contribution in [0.5, 0.6) is 0 Å². The molecule has 0 saturated carbocycles. The second-order valence-electron chi connectivity index (χ2n) is 6.52. The quantitative estimate of drug-likeness (QED) is 0.780. The number of aliphatic hydroxyl groups is 1. The number of hydrogen-bond acceptors (Lipinski definition) is 3. The molecule has 1 aliphatic heterocycles. The van der Waals surface area contributed by atoms with Gasteiger partial charge in [0.05, 0.1) is 12.7 Å². The second kappa shape index (κ2) is 4.72. The van der Waals surface area contributed by atoms with Crippen LogP contribution in [0.4, 0.5) is 0 Å². The first-order valence-electron chi connectivity index (χ1n) is 7.16. The molecule has 0 aromatic carbocycles. The Bertz CT molecular complexity index is 410. The van der Waals surface area contributed by atoms with E-state index in [1.807, 2.05) is 32.1 Å². The Balaban J connectivity index is 2.40. The summed E-state index contributed by atoms with van der Waals surface area (Å²) in [5.41, 5.74) is -0.350. The molecule has 1 saturated heterocycles. The molecular weight excluding hydrogens is 240 g/mol. The van der Waals surface area contributed by atoms with Gasteiger partial charge in [-0.25, -0.2) is 0 Å². The predicted octanol–water partition coefficient (Wildman–Crippen LogP) is 3.19. The highest BCUT2D eigenvalue weighted by Gasteiger charge is 2.55. The fourth-order valence-electron chi connectivity index (χ4n) is 3.26. The van der Waals surface area contributed by atoms with Gasteiger partial charge in [-0.05, 0) is 31.9 Å². The van der Waals surface area contributed by atoms with Gasteiger partial charge in [0.15, 0.2) is 5.79 Å². The Morgan fingerprint density at radius 1 is 1.47 bits per heavy atom. The lowest BCUT2D eigenvalue weighted by Gasteiger charge is -2.49. The van der Waals surface area contributed by atoms with Crippen molar-refractivity contribution in [2.24, 2.45) is 5.41 Å². The smallest absolute Gasteiger partial charge is 0.189 e. The molecule has 3 nitrogen and oxygen atoms in total. The third-order valence-corrected chi connectivity index (χ3v) is 4.32. The maximum atomic E-state index is 11.0. The zero-order chi connectivity index (χ0) is 14.3. The molecule has 2 aliphatic rings. The first-order chi connectivity index (χ1) is 8.75. The fourth-order valence-corrected chi connectivity index (χ4v) is 3.26. The van der Waals surface area contributed by atoms with Crippen molar-refractivity contribution in [3.05, 3.63) is 23.8 Å². The van der Waals surface area contributed by atoms with Gasteiger partial charge in [0, 0.05) is 11.8 Å². The van der Waals surface area contributed by atoms with Crippen molar-refractivity contribution in [2.75, 3.05) is 6.61 Å². The van der Waals surface area contributed by atoms with Gasteiger partial charge >= 0.3 is 0 Å². The molecule has 1 spiro atoms. The van der Waals surface area contributed by atoms with Gasteiger partial charge in [-0.15, -0.1) is 0 Å². The first-order valence-corrected chi connectivity index (χ1v) is 7.16. The Morgan fingerprint density at radius 3 is 2.63 bits per heavy atom. The van der Waals surface area contributed by atoms with Crippen LogP contribution >= 0.6 is 0 Å². The van der Waals surface area contributed by atoms with Gasteiger partial charge in [-0.2, -0.15) is 0 Å². The fraction of sp³-hybridized carbons (Fsp3) is 0.750. The Labute approximate surface area is 116 Å². The van der Waals surface area contributed by atoms with Crippen LogP contribution in [0.15, 0.2) is 23.8 Å². The van der Waals surface area contributed by atoms with Crippen LogP contribution in [0.2, 0.25) is 0 Å². The Hall–Kier alpha value is -0.640. The van der Waals surface area contributed by atoms with Crippen molar-refractivity contribution in [1.82, 2.24) is 0 Å². The van der Waals surface area contributed by atoms with Crippen LogP contribution in [-0.2, 0) is 9.47 Å². The molecule has 3 heteroatoms. The molecule has 1 N–H and O–H groups in total. The Kier molecular flexibility index (Phi) is 3.67. The van der Waals surface area contributed by atoms with Crippen molar-refractivity contribution in [3.8, 4) is 0 Å². The molecule has 3 atom stereocenters. The van der Waals surface area contributed by atoms with Crippen molar-refractivity contribution in [1.29, 1.82) is 0 Å². The van der Waals surface area contributed by atoms with Crippen molar-refractivity contribution in [3.63, 3.8) is 0 Å². The number of rotatable bonds is 2. The summed E-state index contributed by atoms with van der Waals surface area (Å²) in [6, 6.07) is 0. The minimum atomic E-state index is -0.924. The van der Waals surface area contributed by atoms with E-state index in [2.05, 4.69) is 20.8 Å². The van der Waals surface area contributed by atoms with E-state index in [-0.39, 0.29) is 11.5 Å². The number of hydrogen-bond donors (Lipinski definition) is 1. The summed E-state index contributed by atoms with van der Waals surface area (Å²) in [6.07, 6.45) is 7.59. The van der Waals surface area contributed by atoms with E-state index < -0.39 is 11.4 Å². The highest BCUT2D eigenvalue weighted by atomic mass is 16.7. The van der Waals surface area contributed by atoms with Crippen LogP contribution in [0.1, 0.15) is 47.5 Å².